The molecule has 0 saturated carbocycles. The Morgan fingerprint density at radius 3 is 2.60 bits per heavy atom. The Morgan fingerprint density at radius 2 is 2.10 bits per heavy atom. The monoisotopic (exact) mass is 295 g/mol. The summed E-state index contributed by atoms with van der Waals surface area (Å²) in [5, 5.41) is 10.8. The maximum absolute atomic E-state index is 12.8. The molecular formula is C12H13F4NO3. The van der Waals surface area contributed by atoms with Gasteiger partial charge < -0.3 is 15.2 Å². The molecule has 0 radical (unpaired) electrons. The minimum atomic E-state index is -4.78. The first kappa shape index (κ1) is 16.2. The smallest absolute Gasteiger partial charge is 0.383 e. The third-order valence-electron chi connectivity index (χ3n) is 2.37. The fourth-order valence-corrected chi connectivity index (χ4v) is 1.39. The van der Waals surface area contributed by atoms with Gasteiger partial charge in [-0.3, -0.25) is 4.79 Å². The van der Waals surface area contributed by atoms with Gasteiger partial charge in [0.1, 0.15) is 5.75 Å². The maximum Gasteiger partial charge on any atom is 0.383 e. The van der Waals surface area contributed by atoms with Crippen LogP contribution >= 0.6 is 0 Å². The Bertz CT molecular complexity index is 480. The van der Waals surface area contributed by atoms with Crippen molar-refractivity contribution >= 4 is 11.6 Å². The Kier molecular flexibility index (Phi) is 5.32. The number of carbonyl (C=O) groups excluding carboxylic acids is 1. The van der Waals surface area contributed by atoms with Crippen molar-refractivity contribution in [3.05, 3.63) is 23.8 Å². The molecule has 0 spiro atoms. The van der Waals surface area contributed by atoms with Crippen LogP contribution in [0.1, 0.15) is 12.5 Å². The first-order valence-corrected chi connectivity index (χ1v) is 5.66. The molecule has 1 aromatic carbocycles. The molecule has 20 heavy (non-hydrogen) atoms. The van der Waals surface area contributed by atoms with Crippen LogP contribution in [0.25, 0.3) is 0 Å². The molecule has 0 aliphatic rings. The van der Waals surface area contributed by atoms with E-state index in [1.165, 1.54) is 18.2 Å². The van der Waals surface area contributed by atoms with Crippen LogP contribution in [0.4, 0.5) is 23.2 Å². The summed E-state index contributed by atoms with van der Waals surface area (Å²) in [7, 11) is 0. The van der Waals surface area contributed by atoms with Crippen LogP contribution in [0.3, 0.4) is 0 Å². The largest absolute Gasteiger partial charge is 0.494 e. The van der Waals surface area contributed by atoms with E-state index in [0.717, 1.165) is 0 Å². The van der Waals surface area contributed by atoms with Gasteiger partial charge in [0.25, 0.3) is 0 Å². The minimum Gasteiger partial charge on any atom is -0.494 e. The highest BCUT2D eigenvalue weighted by Gasteiger charge is 2.48. The molecule has 112 valence electrons. The van der Waals surface area contributed by atoms with Gasteiger partial charge in [-0.1, -0.05) is 0 Å². The highest BCUT2D eigenvalue weighted by Crippen LogP contribution is 2.27. The van der Waals surface area contributed by atoms with Crippen LogP contribution in [-0.4, -0.2) is 30.0 Å². The summed E-state index contributed by atoms with van der Waals surface area (Å²) in [5.41, 5.74) is 0.104. The summed E-state index contributed by atoms with van der Waals surface area (Å²) in [6, 6.07) is 3.72. The number of carbonyl (C=O) groups is 1. The van der Waals surface area contributed by atoms with Crippen molar-refractivity contribution in [1.29, 1.82) is 0 Å². The zero-order chi connectivity index (χ0) is 15.3. The predicted octanol–water partition coefficient (Wildman–Crippen LogP) is 2.42. The summed E-state index contributed by atoms with van der Waals surface area (Å²) < 4.78 is 54.7. The van der Waals surface area contributed by atoms with Crippen LogP contribution in [0.2, 0.25) is 0 Å². The summed E-state index contributed by atoms with van der Waals surface area (Å²) in [5.74, 6) is -6.58. The average Bonchev–Trinajstić information content (AvgIpc) is 2.40. The fourth-order valence-electron chi connectivity index (χ4n) is 1.39. The van der Waals surface area contributed by atoms with Crippen molar-refractivity contribution < 1.29 is 32.2 Å². The van der Waals surface area contributed by atoms with Crippen LogP contribution in [0.5, 0.6) is 5.75 Å². The lowest BCUT2D eigenvalue weighted by Crippen LogP contribution is -2.41. The number of nitrogens with one attached hydrogen (secondary N) is 1. The molecule has 0 atom stereocenters. The number of aliphatic hydroxyl groups excluding tert-OH is 1. The van der Waals surface area contributed by atoms with E-state index >= 15 is 0 Å². The van der Waals surface area contributed by atoms with E-state index in [-0.39, 0.29) is 11.3 Å². The Balaban J connectivity index is 2.91. The minimum absolute atomic E-state index is 0.136. The first-order chi connectivity index (χ1) is 9.32. The molecule has 0 heterocycles. The van der Waals surface area contributed by atoms with E-state index in [4.69, 9.17) is 9.84 Å². The van der Waals surface area contributed by atoms with E-state index in [2.05, 4.69) is 0 Å². The number of amides is 1. The predicted molar refractivity (Wildman–Crippen MR) is 63.1 cm³/mol. The lowest BCUT2D eigenvalue weighted by atomic mass is 10.2. The molecule has 0 aromatic heterocycles. The number of rotatable bonds is 6. The van der Waals surface area contributed by atoms with E-state index < -0.39 is 24.9 Å². The van der Waals surface area contributed by atoms with Gasteiger partial charge in [0.15, 0.2) is 0 Å². The van der Waals surface area contributed by atoms with Crippen molar-refractivity contribution in [2.75, 3.05) is 11.9 Å². The van der Waals surface area contributed by atoms with Crippen LogP contribution in [-0.2, 0) is 11.4 Å². The van der Waals surface area contributed by atoms with Gasteiger partial charge in [0.2, 0.25) is 0 Å². The SMILES string of the molecule is CCOc1ccc(NC(=O)C(F)(F)C(F)F)cc1CO. The van der Waals surface area contributed by atoms with Gasteiger partial charge in [-0.15, -0.1) is 0 Å². The zero-order valence-electron chi connectivity index (χ0n) is 10.5. The molecule has 2 N–H and O–H groups in total. The van der Waals surface area contributed by atoms with Crippen molar-refractivity contribution in [3.8, 4) is 5.75 Å². The van der Waals surface area contributed by atoms with Crippen LogP contribution in [0.15, 0.2) is 18.2 Å². The molecular weight excluding hydrogens is 282 g/mol. The zero-order valence-corrected chi connectivity index (χ0v) is 10.5. The Hall–Kier alpha value is -1.83. The first-order valence-electron chi connectivity index (χ1n) is 5.66. The second-order valence-corrected chi connectivity index (χ2v) is 3.79. The molecule has 1 amide bonds. The number of hydrogen-bond donors (Lipinski definition) is 2. The molecule has 0 saturated heterocycles. The Morgan fingerprint density at radius 1 is 1.45 bits per heavy atom. The number of anilines is 1. The van der Waals surface area contributed by atoms with Gasteiger partial charge in [0.05, 0.1) is 13.2 Å². The van der Waals surface area contributed by atoms with Crippen molar-refractivity contribution in [2.45, 2.75) is 25.9 Å². The van der Waals surface area contributed by atoms with Crippen LogP contribution < -0.4 is 10.1 Å². The summed E-state index contributed by atoms with van der Waals surface area (Å²) in [6.07, 6.45) is -4.09. The van der Waals surface area contributed by atoms with Gasteiger partial charge in [-0.2, -0.15) is 8.78 Å². The normalized spacial score (nSPS) is 11.6. The molecule has 0 aliphatic carbocycles. The third-order valence-corrected chi connectivity index (χ3v) is 2.37. The lowest BCUT2D eigenvalue weighted by molar-refractivity contribution is -0.163. The summed E-state index contributed by atoms with van der Waals surface area (Å²) in [6.45, 7) is 1.58. The molecule has 0 aliphatic heterocycles. The van der Waals surface area contributed by atoms with E-state index in [9.17, 15) is 22.4 Å². The summed E-state index contributed by atoms with van der Waals surface area (Å²) >= 11 is 0. The van der Waals surface area contributed by atoms with E-state index in [0.29, 0.717) is 12.4 Å². The maximum atomic E-state index is 12.8. The molecule has 0 unspecified atom stereocenters. The molecule has 4 nitrogen and oxygen atoms in total. The number of hydrogen-bond acceptors (Lipinski definition) is 3. The molecule has 1 aromatic rings. The van der Waals surface area contributed by atoms with Gasteiger partial charge in [-0.05, 0) is 25.1 Å². The van der Waals surface area contributed by atoms with Crippen molar-refractivity contribution in [3.63, 3.8) is 0 Å². The van der Waals surface area contributed by atoms with Gasteiger partial charge in [-0.25, -0.2) is 8.78 Å². The molecule has 8 heteroatoms. The van der Waals surface area contributed by atoms with Crippen molar-refractivity contribution in [2.24, 2.45) is 0 Å². The number of aliphatic hydroxyl groups is 1. The number of ether oxygens (including phenoxy) is 1. The number of benzene rings is 1. The second-order valence-electron chi connectivity index (χ2n) is 3.79. The molecule has 0 bridgehead atoms. The second kappa shape index (κ2) is 6.56. The van der Waals surface area contributed by atoms with E-state index in [1.54, 1.807) is 12.2 Å². The quantitative estimate of drug-likeness (QED) is 0.792. The Labute approximate surface area is 112 Å². The summed E-state index contributed by atoms with van der Waals surface area (Å²) in [4.78, 5) is 11.1. The highest BCUT2D eigenvalue weighted by atomic mass is 19.3. The van der Waals surface area contributed by atoms with Crippen LogP contribution in [0, 0.1) is 0 Å². The van der Waals surface area contributed by atoms with Gasteiger partial charge in [0, 0.05) is 11.3 Å². The molecule has 1 rings (SSSR count). The fraction of sp³-hybridized carbons (Fsp3) is 0.417. The average molecular weight is 295 g/mol. The topological polar surface area (TPSA) is 58.6 Å². The number of halogens is 4. The standard InChI is InChI=1S/C12H13F4NO3/c1-2-20-9-4-3-8(5-7(9)6-18)17-11(19)12(15,16)10(13)14/h3-5,10,18H,2,6H2,1H3,(H,17,19). The van der Waals surface area contributed by atoms with Gasteiger partial charge >= 0.3 is 18.3 Å². The number of alkyl halides is 4. The van der Waals surface area contributed by atoms with E-state index in [1.807, 2.05) is 0 Å². The highest BCUT2D eigenvalue weighted by molar-refractivity contribution is 5.96. The third kappa shape index (κ3) is 3.60. The lowest BCUT2D eigenvalue weighted by Gasteiger charge is -2.16. The molecule has 0 fully saturated rings. The van der Waals surface area contributed by atoms with Crippen molar-refractivity contribution in [1.82, 2.24) is 0 Å².